The topological polar surface area (TPSA) is 61.7 Å². The van der Waals surface area contributed by atoms with Crippen LogP contribution < -0.4 is 0 Å². The van der Waals surface area contributed by atoms with Crippen LogP contribution in [0.15, 0.2) is 40.4 Å². The second kappa shape index (κ2) is 3.91. The lowest BCUT2D eigenvalue weighted by Gasteiger charge is -2.00. The fourth-order valence-electron chi connectivity index (χ4n) is 1.18. The van der Waals surface area contributed by atoms with Crippen molar-refractivity contribution in [3.8, 4) is 11.1 Å². The van der Waals surface area contributed by atoms with Crippen molar-refractivity contribution < 1.29 is 0 Å². The van der Waals surface area contributed by atoms with Crippen molar-refractivity contribution in [2.75, 3.05) is 0 Å². The Bertz CT molecular complexity index is 471. The van der Waals surface area contributed by atoms with Gasteiger partial charge in [-0.1, -0.05) is 5.11 Å². The predicted molar refractivity (Wildman–Crippen MR) is 56.4 cm³/mol. The van der Waals surface area contributed by atoms with Gasteiger partial charge in [0.2, 0.25) is 0 Å². The minimum absolute atomic E-state index is 0.563. The molecule has 0 saturated heterocycles. The van der Waals surface area contributed by atoms with Gasteiger partial charge in [0.1, 0.15) is 0 Å². The summed E-state index contributed by atoms with van der Waals surface area (Å²) >= 11 is 1.61. The van der Waals surface area contributed by atoms with E-state index in [0.29, 0.717) is 5.69 Å². The normalized spacial score (nSPS) is 9.43. The smallest absolute Gasteiger partial charge is 0.0637 e. The number of azide groups is 1. The molecule has 0 aliphatic carbocycles. The van der Waals surface area contributed by atoms with Crippen molar-refractivity contribution in [2.24, 2.45) is 5.11 Å². The van der Waals surface area contributed by atoms with Crippen LogP contribution in [0.25, 0.3) is 21.6 Å². The highest BCUT2D eigenvalue weighted by molar-refractivity contribution is 7.08. The molecule has 14 heavy (non-hydrogen) atoms. The molecule has 2 heterocycles. The number of rotatable bonds is 2. The van der Waals surface area contributed by atoms with E-state index in [-0.39, 0.29) is 0 Å². The van der Waals surface area contributed by atoms with Crippen LogP contribution in [0.2, 0.25) is 0 Å². The first-order valence-corrected chi connectivity index (χ1v) is 4.88. The summed E-state index contributed by atoms with van der Waals surface area (Å²) in [4.78, 5) is 6.68. The van der Waals surface area contributed by atoms with Gasteiger partial charge in [-0.15, -0.1) is 0 Å². The minimum atomic E-state index is 0.563. The van der Waals surface area contributed by atoms with Gasteiger partial charge in [-0.3, -0.25) is 4.98 Å². The maximum Gasteiger partial charge on any atom is 0.0637 e. The van der Waals surface area contributed by atoms with Gasteiger partial charge in [0.15, 0.2) is 0 Å². The molecule has 0 fully saturated rings. The van der Waals surface area contributed by atoms with Crippen LogP contribution in [0.4, 0.5) is 5.69 Å². The van der Waals surface area contributed by atoms with Gasteiger partial charge in [-0.05, 0) is 39.6 Å². The summed E-state index contributed by atoms with van der Waals surface area (Å²) in [5.74, 6) is 0. The molecule has 4 nitrogen and oxygen atoms in total. The number of nitrogens with zero attached hydrogens (tertiary/aromatic N) is 4. The van der Waals surface area contributed by atoms with Gasteiger partial charge in [0, 0.05) is 17.3 Å². The SMILES string of the molecule is [N-]=[N+]=Nc1cnccc1-c1ccsc1. The van der Waals surface area contributed by atoms with Gasteiger partial charge < -0.3 is 0 Å². The third-order valence-corrected chi connectivity index (χ3v) is 2.47. The first-order valence-electron chi connectivity index (χ1n) is 3.93. The number of hydrogen-bond donors (Lipinski definition) is 0. The molecule has 0 radical (unpaired) electrons. The van der Waals surface area contributed by atoms with Crippen LogP contribution in [0.3, 0.4) is 0 Å². The summed E-state index contributed by atoms with van der Waals surface area (Å²) in [7, 11) is 0. The maximum absolute atomic E-state index is 8.37. The molecule has 0 amide bonds. The van der Waals surface area contributed by atoms with E-state index in [1.807, 2.05) is 22.9 Å². The van der Waals surface area contributed by atoms with E-state index in [1.54, 1.807) is 23.7 Å². The lowest BCUT2D eigenvalue weighted by molar-refractivity contribution is 1.30. The molecule has 2 aromatic heterocycles. The van der Waals surface area contributed by atoms with Crippen LogP contribution in [0.1, 0.15) is 0 Å². The van der Waals surface area contributed by atoms with E-state index in [1.165, 1.54) is 0 Å². The molecule has 2 aromatic rings. The molecule has 0 spiro atoms. The molecule has 0 N–H and O–H groups in total. The summed E-state index contributed by atoms with van der Waals surface area (Å²) in [5.41, 5.74) is 10.9. The fourth-order valence-corrected chi connectivity index (χ4v) is 1.83. The monoisotopic (exact) mass is 202 g/mol. The summed E-state index contributed by atoms with van der Waals surface area (Å²) in [6.07, 6.45) is 3.25. The minimum Gasteiger partial charge on any atom is -0.264 e. The Balaban J connectivity index is 2.57. The zero-order chi connectivity index (χ0) is 9.80. The number of aromatic nitrogens is 1. The molecule has 68 valence electrons. The van der Waals surface area contributed by atoms with E-state index >= 15 is 0 Å². The molecular weight excluding hydrogens is 196 g/mol. The summed E-state index contributed by atoms with van der Waals surface area (Å²) < 4.78 is 0. The highest BCUT2D eigenvalue weighted by Crippen LogP contribution is 2.30. The van der Waals surface area contributed by atoms with Crippen molar-refractivity contribution in [3.63, 3.8) is 0 Å². The molecule has 0 saturated carbocycles. The van der Waals surface area contributed by atoms with E-state index < -0.39 is 0 Å². The molecule has 0 aromatic carbocycles. The lowest BCUT2D eigenvalue weighted by atomic mass is 10.1. The molecule has 0 atom stereocenters. The Morgan fingerprint density at radius 1 is 1.43 bits per heavy atom. The molecular formula is C9H6N4S. The average molecular weight is 202 g/mol. The predicted octanol–water partition coefficient (Wildman–Crippen LogP) is 3.75. The fraction of sp³-hybridized carbons (Fsp3) is 0. The second-order valence-electron chi connectivity index (χ2n) is 2.59. The largest absolute Gasteiger partial charge is 0.264 e. The molecule has 0 unspecified atom stereocenters. The number of thiophene rings is 1. The van der Waals surface area contributed by atoms with Crippen LogP contribution in [0, 0.1) is 0 Å². The first-order chi connectivity index (χ1) is 6.92. The summed E-state index contributed by atoms with van der Waals surface area (Å²) in [6.45, 7) is 0. The van der Waals surface area contributed by atoms with Crippen molar-refractivity contribution in [2.45, 2.75) is 0 Å². The van der Waals surface area contributed by atoms with Crippen LogP contribution >= 0.6 is 11.3 Å². The number of hydrogen-bond acceptors (Lipinski definition) is 3. The van der Waals surface area contributed by atoms with Gasteiger partial charge in [0.05, 0.1) is 5.69 Å². The van der Waals surface area contributed by atoms with E-state index in [2.05, 4.69) is 15.0 Å². The van der Waals surface area contributed by atoms with E-state index in [0.717, 1.165) is 11.1 Å². The maximum atomic E-state index is 8.37. The van der Waals surface area contributed by atoms with Crippen molar-refractivity contribution in [1.29, 1.82) is 0 Å². The summed E-state index contributed by atoms with van der Waals surface area (Å²) in [6, 6.07) is 3.82. The highest BCUT2D eigenvalue weighted by Gasteiger charge is 2.02. The standard InChI is InChI=1S/C9H6N4S/c10-13-12-9-5-11-3-1-8(9)7-2-4-14-6-7/h1-6H. The molecule has 0 aliphatic heterocycles. The molecule has 0 bridgehead atoms. The molecule has 5 heteroatoms. The van der Waals surface area contributed by atoms with Crippen LogP contribution in [-0.4, -0.2) is 4.98 Å². The van der Waals surface area contributed by atoms with Gasteiger partial charge in [-0.2, -0.15) is 11.3 Å². The van der Waals surface area contributed by atoms with Crippen molar-refractivity contribution >= 4 is 17.0 Å². The zero-order valence-electron chi connectivity index (χ0n) is 7.16. The van der Waals surface area contributed by atoms with E-state index in [4.69, 9.17) is 5.53 Å². The summed E-state index contributed by atoms with van der Waals surface area (Å²) in [5, 5.41) is 7.57. The third kappa shape index (κ3) is 1.59. The Kier molecular flexibility index (Phi) is 2.44. The van der Waals surface area contributed by atoms with Gasteiger partial charge in [-0.25, -0.2) is 0 Å². The second-order valence-corrected chi connectivity index (χ2v) is 3.37. The Morgan fingerprint density at radius 2 is 2.36 bits per heavy atom. The Hall–Kier alpha value is -1.84. The third-order valence-electron chi connectivity index (χ3n) is 1.78. The molecule has 0 aliphatic rings. The zero-order valence-corrected chi connectivity index (χ0v) is 7.98. The van der Waals surface area contributed by atoms with Crippen molar-refractivity contribution in [3.05, 3.63) is 45.7 Å². The van der Waals surface area contributed by atoms with Crippen LogP contribution in [0.5, 0.6) is 0 Å². The average Bonchev–Trinajstić information content (AvgIpc) is 2.72. The Morgan fingerprint density at radius 3 is 3.07 bits per heavy atom. The lowest BCUT2D eigenvalue weighted by Crippen LogP contribution is -1.76. The van der Waals surface area contributed by atoms with Crippen LogP contribution in [-0.2, 0) is 0 Å². The first kappa shape index (κ1) is 8.74. The highest BCUT2D eigenvalue weighted by atomic mass is 32.1. The van der Waals surface area contributed by atoms with Crippen molar-refractivity contribution in [1.82, 2.24) is 4.98 Å². The van der Waals surface area contributed by atoms with Gasteiger partial charge >= 0.3 is 0 Å². The Labute approximate surface area is 84.5 Å². The quantitative estimate of drug-likeness (QED) is 0.415. The number of pyridine rings is 1. The molecule has 2 rings (SSSR count). The van der Waals surface area contributed by atoms with Gasteiger partial charge in [0.25, 0.3) is 0 Å². The van der Waals surface area contributed by atoms with E-state index in [9.17, 15) is 0 Å².